The molecule has 2 fully saturated rings. The highest BCUT2D eigenvalue weighted by Crippen LogP contribution is 2.29. The van der Waals surface area contributed by atoms with Crippen molar-refractivity contribution in [3.05, 3.63) is 34.9 Å². The quantitative estimate of drug-likeness (QED) is 0.922. The van der Waals surface area contributed by atoms with Crippen molar-refractivity contribution in [1.29, 1.82) is 0 Å². The fraction of sp³-hybridized carbons (Fsp3) is 0.647. The number of nitrogens with zero attached hydrogens (tertiary/aromatic N) is 1. The Balaban J connectivity index is 1.57. The molecule has 0 aromatic heterocycles. The summed E-state index contributed by atoms with van der Waals surface area (Å²) in [4.78, 5) is 2.60. The highest BCUT2D eigenvalue weighted by molar-refractivity contribution is 6.30. The molecule has 1 saturated heterocycles. The van der Waals surface area contributed by atoms with E-state index < -0.39 is 0 Å². The number of rotatable bonds is 4. The summed E-state index contributed by atoms with van der Waals surface area (Å²) < 4.78 is 0. The van der Waals surface area contributed by atoms with Crippen LogP contribution in [0.15, 0.2) is 24.3 Å². The van der Waals surface area contributed by atoms with Gasteiger partial charge in [0.25, 0.3) is 0 Å². The van der Waals surface area contributed by atoms with Crippen molar-refractivity contribution in [2.24, 2.45) is 17.6 Å². The first-order valence-corrected chi connectivity index (χ1v) is 8.29. The molecule has 20 heavy (non-hydrogen) atoms. The van der Waals surface area contributed by atoms with Gasteiger partial charge in [-0.15, -0.1) is 0 Å². The first-order chi connectivity index (χ1) is 9.69. The minimum absolute atomic E-state index is 0.341. The molecule has 2 aliphatic rings. The molecule has 1 aliphatic carbocycles. The van der Waals surface area contributed by atoms with Gasteiger partial charge < -0.3 is 10.6 Å². The Labute approximate surface area is 127 Å². The van der Waals surface area contributed by atoms with Crippen LogP contribution in [0.25, 0.3) is 0 Å². The molecule has 2 atom stereocenters. The Kier molecular flexibility index (Phi) is 4.65. The van der Waals surface area contributed by atoms with Gasteiger partial charge in [-0.05, 0) is 55.2 Å². The van der Waals surface area contributed by atoms with Gasteiger partial charge in [-0.1, -0.05) is 30.2 Å². The fourth-order valence-corrected chi connectivity index (χ4v) is 3.90. The zero-order valence-electron chi connectivity index (χ0n) is 12.1. The summed E-state index contributed by atoms with van der Waals surface area (Å²) in [5, 5.41) is 0.842. The zero-order valence-corrected chi connectivity index (χ0v) is 12.9. The predicted octanol–water partition coefficient (Wildman–Crippen LogP) is 3.33. The summed E-state index contributed by atoms with van der Waals surface area (Å²) in [7, 11) is 0. The largest absolute Gasteiger partial charge is 0.327 e. The normalized spacial score (nSPS) is 28.3. The summed E-state index contributed by atoms with van der Waals surface area (Å²) in [5.74, 6) is 1.62. The van der Waals surface area contributed by atoms with Crippen molar-refractivity contribution in [1.82, 2.24) is 4.90 Å². The van der Waals surface area contributed by atoms with Gasteiger partial charge in [0.2, 0.25) is 0 Å². The lowest BCUT2D eigenvalue weighted by Gasteiger charge is -2.40. The van der Waals surface area contributed by atoms with Crippen LogP contribution in [0.5, 0.6) is 0 Å². The minimum Gasteiger partial charge on any atom is -0.327 e. The zero-order chi connectivity index (χ0) is 13.9. The molecule has 0 amide bonds. The Morgan fingerprint density at radius 1 is 1.20 bits per heavy atom. The van der Waals surface area contributed by atoms with Gasteiger partial charge in [0, 0.05) is 30.7 Å². The molecule has 1 aromatic carbocycles. The van der Waals surface area contributed by atoms with E-state index in [1.165, 1.54) is 37.9 Å². The van der Waals surface area contributed by atoms with E-state index in [1.807, 2.05) is 12.1 Å². The summed E-state index contributed by atoms with van der Waals surface area (Å²) >= 11 is 6.08. The lowest BCUT2D eigenvalue weighted by molar-refractivity contribution is 0.112. The van der Waals surface area contributed by atoms with E-state index in [0.717, 1.165) is 30.3 Å². The minimum atomic E-state index is 0.341. The van der Waals surface area contributed by atoms with E-state index in [4.69, 9.17) is 17.3 Å². The summed E-state index contributed by atoms with van der Waals surface area (Å²) in [6.45, 7) is 3.55. The second-order valence-corrected chi connectivity index (χ2v) is 7.15. The molecule has 3 heteroatoms. The van der Waals surface area contributed by atoms with Crippen LogP contribution in [0.2, 0.25) is 5.02 Å². The summed E-state index contributed by atoms with van der Waals surface area (Å²) in [6, 6.07) is 8.61. The maximum Gasteiger partial charge on any atom is 0.0408 e. The lowest BCUT2D eigenvalue weighted by atomic mass is 9.83. The van der Waals surface area contributed by atoms with E-state index in [0.29, 0.717) is 12.0 Å². The Morgan fingerprint density at radius 3 is 2.75 bits per heavy atom. The number of hydrogen-bond acceptors (Lipinski definition) is 2. The molecule has 110 valence electrons. The molecule has 1 aromatic rings. The van der Waals surface area contributed by atoms with Gasteiger partial charge in [0.15, 0.2) is 0 Å². The summed E-state index contributed by atoms with van der Waals surface area (Å²) in [6.07, 6.45) is 6.52. The Morgan fingerprint density at radius 2 is 2.05 bits per heavy atom. The fourth-order valence-electron chi connectivity index (χ4n) is 3.68. The smallest absolute Gasteiger partial charge is 0.0408 e. The van der Waals surface area contributed by atoms with Crippen LogP contribution in [-0.4, -0.2) is 30.6 Å². The second kappa shape index (κ2) is 6.46. The molecule has 0 bridgehead atoms. The standard InChI is InChI=1S/C17H25ClN2/c18-16-6-2-5-14(8-16)7-15-9-17(19)12-20(11-15)10-13-3-1-4-13/h2,5-6,8,13,15,17H,1,3-4,7,9-12,19H2. The molecular weight excluding hydrogens is 268 g/mol. The first kappa shape index (κ1) is 14.4. The van der Waals surface area contributed by atoms with E-state index >= 15 is 0 Å². The van der Waals surface area contributed by atoms with Crippen LogP contribution in [-0.2, 0) is 6.42 Å². The number of nitrogens with two attached hydrogens (primary N) is 1. The van der Waals surface area contributed by atoms with Crippen molar-refractivity contribution < 1.29 is 0 Å². The molecule has 1 aliphatic heterocycles. The number of piperidine rings is 1. The number of halogens is 1. The monoisotopic (exact) mass is 292 g/mol. The molecular formula is C17H25ClN2. The van der Waals surface area contributed by atoms with Crippen molar-refractivity contribution in [2.45, 2.75) is 38.1 Å². The Hall–Kier alpha value is -0.570. The van der Waals surface area contributed by atoms with Gasteiger partial charge in [0.05, 0.1) is 0 Å². The molecule has 2 N–H and O–H groups in total. The second-order valence-electron chi connectivity index (χ2n) is 6.71. The summed E-state index contributed by atoms with van der Waals surface area (Å²) in [5.41, 5.74) is 7.61. The van der Waals surface area contributed by atoms with E-state index in [-0.39, 0.29) is 0 Å². The molecule has 2 nitrogen and oxygen atoms in total. The van der Waals surface area contributed by atoms with Gasteiger partial charge >= 0.3 is 0 Å². The third kappa shape index (κ3) is 3.75. The number of benzene rings is 1. The highest BCUT2D eigenvalue weighted by Gasteiger charge is 2.28. The van der Waals surface area contributed by atoms with Crippen LogP contribution >= 0.6 is 11.6 Å². The van der Waals surface area contributed by atoms with E-state index in [9.17, 15) is 0 Å². The average molecular weight is 293 g/mol. The lowest BCUT2D eigenvalue weighted by Crippen LogP contribution is -2.49. The van der Waals surface area contributed by atoms with Crippen LogP contribution in [0.3, 0.4) is 0 Å². The van der Waals surface area contributed by atoms with Crippen LogP contribution in [0.1, 0.15) is 31.2 Å². The SMILES string of the molecule is NC1CC(Cc2cccc(Cl)c2)CN(CC2CCC2)C1. The van der Waals surface area contributed by atoms with Crippen LogP contribution in [0, 0.1) is 11.8 Å². The molecule has 3 rings (SSSR count). The van der Waals surface area contributed by atoms with Crippen molar-refractivity contribution in [2.75, 3.05) is 19.6 Å². The van der Waals surface area contributed by atoms with E-state index in [1.54, 1.807) is 0 Å². The third-order valence-corrected chi connectivity index (χ3v) is 5.03. The van der Waals surface area contributed by atoms with Crippen molar-refractivity contribution in [3.8, 4) is 0 Å². The third-order valence-electron chi connectivity index (χ3n) is 4.80. The Bertz CT molecular complexity index is 444. The first-order valence-electron chi connectivity index (χ1n) is 7.91. The number of likely N-dealkylation sites (tertiary alicyclic amines) is 1. The van der Waals surface area contributed by atoms with Crippen LogP contribution < -0.4 is 5.73 Å². The molecule has 0 radical (unpaired) electrons. The van der Waals surface area contributed by atoms with E-state index in [2.05, 4.69) is 17.0 Å². The molecule has 2 unspecified atom stereocenters. The molecule has 1 heterocycles. The van der Waals surface area contributed by atoms with Crippen LogP contribution in [0.4, 0.5) is 0 Å². The van der Waals surface area contributed by atoms with Gasteiger partial charge in [-0.2, -0.15) is 0 Å². The average Bonchev–Trinajstić information content (AvgIpc) is 2.33. The molecule has 1 saturated carbocycles. The van der Waals surface area contributed by atoms with Crippen molar-refractivity contribution >= 4 is 11.6 Å². The van der Waals surface area contributed by atoms with Gasteiger partial charge in [-0.3, -0.25) is 0 Å². The maximum atomic E-state index is 6.27. The topological polar surface area (TPSA) is 29.3 Å². The molecule has 0 spiro atoms. The number of hydrogen-bond donors (Lipinski definition) is 1. The van der Waals surface area contributed by atoms with Gasteiger partial charge in [-0.25, -0.2) is 0 Å². The highest BCUT2D eigenvalue weighted by atomic mass is 35.5. The van der Waals surface area contributed by atoms with Crippen molar-refractivity contribution in [3.63, 3.8) is 0 Å². The maximum absolute atomic E-state index is 6.27. The predicted molar refractivity (Wildman–Crippen MR) is 85.0 cm³/mol. The van der Waals surface area contributed by atoms with Gasteiger partial charge in [0.1, 0.15) is 0 Å².